The molecule has 0 spiro atoms. The summed E-state index contributed by atoms with van der Waals surface area (Å²) in [5.41, 5.74) is 3.90. The lowest BCUT2D eigenvalue weighted by molar-refractivity contribution is -0.256. The number of hydrogen-bond acceptors (Lipinski definition) is 2. The minimum atomic E-state index is -1.09. The minimum Gasteiger partial charge on any atom is -0.465 e. The van der Waals surface area contributed by atoms with Gasteiger partial charge in [-0.25, -0.2) is 18.0 Å². The van der Waals surface area contributed by atoms with Gasteiger partial charge in [-0.05, 0) is 13.0 Å². The van der Waals surface area contributed by atoms with Gasteiger partial charge in [0.15, 0.2) is 0 Å². The van der Waals surface area contributed by atoms with Gasteiger partial charge in [0.1, 0.15) is 28.7 Å². The summed E-state index contributed by atoms with van der Waals surface area (Å²) in [6.07, 6.45) is 0. The van der Waals surface area contributed by atoms with Crippen LogP contribution in [0.5, 0.6) is 0 Å². The highest BCUT2D eigenvalue weighted by atomic mass is 35.5. The van der Waals surface area contributed by atoms with Crippen molar-refractivity contribution in [3.8, 4) is 11.1 Å². The van der Waals surface area contributed by atoms with Crippen LogP contribution < -0.4 is 5.73 Å². The second-order valence-electron chi connectivity index (χ2n) is 4.62. The molecule has 0 heterocycles. The Morgan fingerprint density at radius 1 is 1.14 bits per heavy atom. The summed E-state index contributed by atoms with van der Waals surface area (Å²) in [5, 5.41) is -0.0605. The Balaban J connectivity index is 2.79. The van der Waals surface area contributed by atoms with Crippen molar-refractivity contribution in [2.45, 2.75) is 6.92 Å². The molecule has 0 amide bonds. The van der Waals surface area contributed by atoms with Crippen molar-refractivity contribution in [1.82, 2.24) is 0 Å². The van der Waals surface area contributed by atoms with Gasteiger partial charge >= 0.3 is 5.97 Å². The van der Waals surface area contributed by atoms with E-state index < -0.39 is 29.0 Å². The van der Waals surface area contributed by atoms with Gasteiger partial charge in [-0.15, -0.1) is 0 Å². The number of methoxy groups -OCH3 is 1. The second-order valence-corrected chi connectivity index (χ2v) is 5.03. The summed E-state index contributed by atoms with van der Waals surface area (Å²) in [6, 6.07) is 2.34. The Kier molecular flexibility index (Phi) is 4.44. The van der Waals surface area contributed by atoms with Crippen LogP contribution in [0, 0.1) is 24.4 Å². The number of carbonyl (C=O) groups excluding carboxylic acids is 1. The van der Waals surface area contributed by atoms with E-state index in [2.05, 4.69) is 10.5 Å². The van der Waals surface area contributed by atoms with Crippen LogP contribution in [-0.2, 0) is 4.74 Å². The Morgan fingerprint density at radius 3 is 2.18 bits per heavy atom. The first-order valence-electron chi connectivity index (χ1n) is 6.16. The average Bonchev–Trinajstić information content (AvgIpc) is 2.44. The predicted molar refractivity (Wildman–Crippen MR) is 75.4 cm³/mol. The Labute approximate surface area is 129 Å². The molecule has 0 atom stereocenters. The number of carbonyl (C=O) groups is 1. The molecular formula is C15H12ClF3NO2+. The Morgan fingerprint density at radius 2 is 1.68 bits per heavy atom. The molecule has 0 bridgehead atoms. The largest absolute Gasteiger partial charge is 0.465 e. The van der Waals surface area contributed by atoms with Crippen molar-refractivity contribution in [3.05, 3.63) is 51.8 Å². The molecule has 0 aliphatic rings. The first-order chi connectivity index (χ1) is 10.3. The number of rotatable bonds is 2. The van der Waals surface area contributed by atoms with Gasteiger partial charge < -0.3 is 10.5 Å². The fraction of sp³-hybridized carbons (Fsp3) is 0.133. The number of benzene rings is 2. The Bertz CT molecular complexity index is 755. The van der Waals surface area contributed by atoms with Crippen molar-refractivity contribution in [2.24, 2.45) is 0 Å². The summed E-state index contributed by atoms with van der Waals surface area (Å²) in [5.74, 6) is -3.88. The molecule has 7 heteroatoms. The standard InChI is InChI=1S/C15H11ClF3NO2/c1-6-12(13-10(18)3-7(17)4-11(13)19)9(16)5-8(14(6)20)15(21)22-2/h3-5H,20H2,1-2H3/p+1. The second kappa shape index (κ2) is 5.98. The molecule has 22 heavy (non-hydrogen) atoms. The SMILES string of the molecule is COC(=O)c1cc(Cl)c(-c2c(F)cc(F)cc2F)c(C)c1[NH3+]. The van der Waals surface area contributed by atoms with Crippen LogP contribution in [-0.4, -0.2) is 13.1 Å². The maximum atomic E-state index is 14.0. The van der Waals surface area contributed by atoms with E-state index in [4.69, 9.17) is 11.6 Å². The van der Waals surface area contributed by atoms with E-state index in [0.717, 1.165) is 0 Å². The quantitative estimate of drug-likeness (QED) is 0.858. The molecule has 2 rings (SSSR count). The third-order valence-corrected chi connectivity index (χ3v) is 3.62. The molecule has 3 nitrogen and oxygen atoms in total. The molecule has 0 saturated carbocycles. The molecule has 2 aromatic rings. The smallest absolute Gasteiger partial charge is 0.344 e. The Hall–Kier alpha value is -2.05. The average molecular weight is 331 g/mol. The monoisotopic (exact) mass is 330 g/mol. The minimum absolute atomic E-state index is 0.0225. The molecule has 0 fully saturated rings. The lowest BCUT2D eigenvalue weighted by Gasteiger charge is -2.13. The molecule has 0 unspecified atom stereocenters. The van der Waals surface area contributed by atoms with Crippen molar-refractivity contribution in [2.75, 3.05) is 7.11 Å². The highest BCUT2D eigenvalue weighted by Crippen LogP contribution is 2.38. The molecule has 3 N–H and O–H groups in total. The van der Waals surface area contributed by atoms with Crippen LogP contribution in [0.4, 0.5) is 18.9 Å². The zero-order valence-corrected chi connectivity index (χ0v) is 12.5. The van der Waals surface area contributed by atoms with Crippen molar-refractivity contribution >= 4 is 23.3 Å². The van der Waals surface area contributed by atoms with Gasteiger partial charge in [0, 0.05) is 23.3 Å². The molecule has 0 radical (unpaired) electrons. The fourth-order valence-corrected chi connectivity index (χ4v) is 2.54. The predicted octanol–water partition coefficient (Wildman–Crippen LogP) is 3.39. The van der Waals surface area contributed by atoms with Gasteiger partial charge in [-0.2, -0.15) is 0 Å². The van der Waals surface area contributed by atoms with E-state index in [1.54, 1.807) is 0 Å². The third kappa shape index (κ3) is 2.67. The maximum Gasteiger partial charge on any atom is 0.344 e. The van der Waals surface area contributed by atoms with Gasteiger partial charge in [0.25, 0.3) is 0 Å². The van der Waals surface area contributed by atoms with Crippen LogP contribution in [0.3, 0.4) is 0 Å². The topological polar surface area (TPSA) is 53.9 Å². The van der Waals surface area contributed by atoms with Crippen LogP contribution in [0.25, 0.3) is 11.1 Å². The third-order valence-electron chi connectivity index (χ3n) is 3.32. The molecule has 2 aromatic carbocycles. The number of esters is 1. The van der Waals surface area contributed by atoms with Crippen molar-refractivity contribution in [1.29, 1.82) is 0 Å². The first kappa shape index (κ1) is 16.3. The number of halogens is 4. The zero-order chi connectivity index (χ0) is 16.6. The van der Waals surface area contributed by atoms with Crippen molar-refractivity contribution < 1.29 is 28.4 Å². The molecule has 0 aliphatic carbocycles. The normalized spacial score (nSPS) is 10.7. The number of hydrogen-bond donors (Lipinski definition) is 1. The summed E-state index contributed by atoms with van der Waals surface area (Å²) in [7, 11) is 1.19. The highest BCUT2D eigenvalue weighted by Gasteiger charge is 2.25. The summed E-state index contributed by atoms with van der Waals surface area (Å²) in [4.78, 5) is 11.6. The van der Waals surface area contributed by atoms with E-state index >= 15 is 0 Å². The van der Waals surface area contributed by atoms with Gasteiger partial charge in [-0.3, -0.25) is 0 Å². The molecule has 116 valence electrons. The first-order valence-corrected chi connectivity index (χ1v) is 6.54. The zero-order valence-electron chi connectivity index (χ0n) is 11.8. The highest BCUT2D eigenvalue weighted by molar-refractivity contribution is 6.34. The van der Waals surface area contributed by atoms with Crippen LogP contribution >= 0.6 is 11.6 Å². The summed E-state index contributed by atoms with van der Waals surface area (Å²) in [6.45, 7) is 1.51. The van der Waals surface area contributed by atoms with E-state index in [1.807, 2.05) is 0 Å². The molecule has 0 saturated heterocycles. The lowest BCUT2D eigenvalue weighted by atomic mass is 9.95. The fourth-order valence-electron chi connectivity index (χ4n) is 2.20. The summed E-state index contributed by atoms with van der Waals surface area (Å²) < 4.78 is 45.6. The van der Waals surface area contributed by atoms with Gasteiger partial charge in [0.05, 0.1) is 17.7 Å². The molecule has 0 aliphatic heterocycles. The summed E-state index contributed by atoms with van der Waals surface area (Å²) >= 11 is 6.06. The van der Waals surface area contributed by atoms with Crippen LogP contribution in [0.2, 0.25) is 5.02 Å². The van der Waals surface area contributed by atoms with E-state index in [-0.39, 0.29) is 21.8 Å². The van der Waals surface area contributed by atoms with Crippen LogP contribution in [0.1, 0.15) is 15.9 Å². The van der Waals surface area contributed by atoms with Crippen LogP contribution in [0.15, 0.2) is 18.2 Å². The molecular weight excluding hydrogens is 319 g/mol. The van der Waals surface area contributed by atoms with E-state index in [9.17, 15) is 18.0 Å². The molecule has 0 aromatic heterocycles. The number of quaternary nitrogens is 1. The van der Waals surface area contributed by atoms with Crippen molar-refractivity contribution in [3.63, 3.8) is 0 Å². The van der Waals surface area contributed by atoms with E-state index in [1.165, 1.54) is 20.1 Å². The van der Waals surface area contributed by atoms with Gasteiger partial charge in [0.2, 0.25) is 0 Å². The lowest BCUT2D eigenvalue weighted by Crippen LogP contribution is -2.43. The number of ether oxygens (including phenoxy) is 1. The van der Waals surface area contributed by atoms with E-state index in [0.29, 0.717) is 17.7 Å². The van der Waals surface area contributed by atoms with Gasteiger partial charge in [-0.1, -0.05) is 11.6 Å². The maximum absolute atomic E-state index is 14.0.